The highest BCUT2D eigenvalue weighted by Crippen LogP contribution is 2.24. The third kappa shape index (κ3) is 1.52. The van der Waals surface area contributed by atoms with Crippen LogP contribution in [0, 0.1) is 0 Å². The smallest absolute Gasteiger partial charge is 0.110 e. The zero-order valence-corrected chi connectivity index (χ0v) is 7.16. The van der Waals surface area contributed by atoms with Gasteiger partial charge in [-0.15, -0.1) is 0 Å². The van der Waals surface area contributed by atoms with Gasteiger partial charge >= 0.3 is 0 Å². The number of hydrogen-bond donors (Lipinski definition) is 1. The van der Waals surface area contributed by atoms with Crippen LogP contribution >= 0.6 is 0 Å². The highest BCUT2D eigenvalue weighted by molar-refractivity contribution is 5.28. The molecule has 0 spiro atoms. The molecule has 0 amide bonds. The summed E-state index contributed by atoms with van der Waals surface area (Å²) in [6.07, 6.45) is 5.35. The lowest BCUT2D eigenvalue weighted by Crippen LogP contribution is -2.40. The summed E-state index contributed by atoms with van der Waals surface area (Å²) in [5.74, 6) is 0. The second-order valence-electron chi connectivity index (χ2n) is 3.11. The topological polar surface area (TPSA) is 29.5 Å². The number of allylic oxidation sites excluding steroid dienone is 2. The van der Waals surface area contributed by atoms with Gasteiger partial charge in [0.1, 0.15) is 11.7 Å². The first-order chi connectivity index (χ1) is 5.08. The highest BCUT2D eigenvalue weighted by atomic mass is 16.5. The molecule has 0 fully saturated rings. The van der Waals surface area contributed by atoms with E-state index in [2.05, 4.69) is 0 Å². The molecular formula is C9H14O2. The van der Waals surface area contributed by atoms with Crippen molar-refractivity contribution in [1.29, 1.82) is 0 Å². The average Bonchev–Trinajstić information content (AvgIpc) is 1.86. The predicted octanol–water partition coefficient (Wildman–Crippen LogP) is 1.27. The number of ether oxygens (including phenoxy) is 1. The van der Waals surface area contributed by atoms with E-state index in [0.29, 0.717) is 0 Å². The molecule has 0 aromatic heterocycles. The molecule has 0 radical (unpaired) electrons. The molecule has 0 bridgehead atoms. The van der Waals surface area contributed by atoms with Crippen LogP contribution in [0.5, 0.6) is 0 Å². The highest BCUT2D eigenvalue weighted by Gasteiger charge is 2.31. The number of hydrogen-bond acceptors (Lipinski definition) is 2. The van der Waals surface area contributed by atoms with Crippen molar-refractivity contribution in [3.05, 3.63) is 23.8 Å². The molecule has 0 aliphatic heterocycles. The second-order valence-corrected chi connectivity index (χ2v) is 3.11. The molecule has 0 saturated heterocycles. The van der Waals surface area contributed by atoms with Crippen LogP contribution < -0.4 is 0 Å². The standard InChI is InChI=1S/C9H14O2/c1-7-5-4-6-9(2,10)8(7)11-3/h4-6,8,10H,1-3H3. The van der Waals surface area contributed by atoms with Crippen LogP contribution in [-0.2, 0) is 4.74 Å². The lowest BCUT2D eigenvalue weighted by Gasteiger charge is -2.31. The van der Waals surface area contributed by atoms with E-state index < -0.39 is 5.60 Å². The van der Waals surface area contributed by atoms with E-state index in [-0.39, 0.29) is 6.10 Å². The van der Waals surface area contributed by atoms with Crippen molar-refractivity contribution in [2.24, 2.45) is 0 Å². The van der Waals surface area contributed by atoms with Gasteiger partial charge in [0.2, 0.25) is 0 Å². The number of aliphatic hydroxyl groups is 1. The van der Waals surface area contributed by atoms with E-state index in [1.165, 1.54) is 0 Å². The Morgan fingerprint density at radius 1 is 1.64 bits per heavy atom. The van der Waals surface area contributed by atoms with Gasteiger partial charge in [-0.2, -0.15) is 0 Å². The maximum Gasteiger partial charge on any atom is 0.110 e. The third-order valence-corrected chi connectivity index (χ3v) is 1.97. The Hall–Kier alpha value is -0.600. The summed E-state index contributed by atoms with van der Waals surface area (Å²) in [6.45, 7) is 3.69. The average molecular weight is 154 g/mol. The van der Waals surface area contributed by atoms with Crippen molar-refractivity contribution < 1.29 is 9.84 Å². The van der Waals surface area contributed by atoms with Crippen molar-refractivity contribution in [3.8, 4) is 0 Å². The monoisotopic (exact) mass is 154 g/mol. The Labute approximate surface area is 67.2 Å². The first kappa shape index (κ1) is 8.50. The largest absolute Gasteiger partial charge is 0.383 e. The first-order valence-corrected chi connectivity index (χ1v) is 3.69. The molecule has 2 unspecified atom stereocenters. The molecular weight excluding hydrogens is 140 g/mol. The minimum atomic E-state index is -0.854. The Morgan fingerprint density at radius 2 is 2.27 bits per heavy atom. The van der Waals surface area contributed by atoms with Gasteiger partial charge in [-0.25, -0.2) is 0 Å². The molecule has 1 N–H and O–H groups in total. The maximum atomic E-state index is 9.75. The van der Waals surface area contributed by atoms with Gasteiger partial charge in [0.25, 0.3) is 0 Å². The first-order valence-electron chi connectivity index (χ1n) is 3.69. The molecule has 1 aliphatic rings. The summed E-state index contributed by atoms with van der Waals surface area (Å²) >= 11 is 0. The van der Waals surface area contributed by atoms with Crippen molar-refractivity contribution in [2.45, 2.75) is 25.6 Å². The van der Waals surface area contributed by atoms with Crippen LogP contribution in [0.15, 0.2) is 23.8 Å². The van der Waals surface area contributed by atoms with E-state index in [9.17, 15) is 5.11 Å². The normalized spacial score (nSPS) is 37.1. The molecule has 0 aromatic rings. The van der Waals surface area contributed by atoms with Crippen molar-refractivity contribution >= 4 is 0 Å². The minimum absolute atomic E-state index is 0.201. The Kier molecular flexibility index (Phi) is 2.16. The summed E-state index contributed by atoms with van der Waals surface area (Å²) in [5, 5.41) is 9.75. The third-order valence-electron chi connectivity index (χ3n) is 1.97. The Bertz CT molecular complexity index is 202. The maximum absolute atomic E-state index is 9.75. The molecule has 2 nitrogen and oxygen atoms in total. The predicted molar refractivity (Wildman–Crippen MR) is 44.3 cm³/mol. The van der Waals surface area contributed by atoms with E-state index in [1.54, 1.807) is 20.1 Å². The fourth-order valence-electron chi connectivity index (χ4n) is 1.45. The Balaban J connectivity index is 2.88. The summed E-state index contributed by atoms with van der Waals surface area (Å²) in [6, 6.07) is 0. The van der Waals surface area contributed by atoms with Crippen LogP contribution in [0.2, 0.25) is 0 Å². The second kappa shape index (κ2) is 2.80. The lowest BCUT2D eigenvalue weighted by atomic mass is 9.89. The van der Waals surface area contributed by atoms with Gasteiger partial charge in [0.15, 0.2) is 0 Å². The molecule has 1 rings (SSSR count). The molecule has 2 heteroatoms. The summed E-state index contributed by atoms with van der Waals surface area (Å²) in [7, 11) is 1.61. The minimum Gasteiger partial charge on any atom is -0.383 e. The molecule has 0 aromatic carbocycles. The zero-order valence-electron chi connectivity index (χ0n) is 7.16. The fourth-order valence-corrected chi connectivity index (χ4v) is 1.45. The number of rotatable bonds is 1. The SMILES string of the molecule is COC1C(C)=CC=CC1(C)O. The molecule has 2 atom stereocenters. The molecule has 0 saturated carbocycles. The lowest BCUT2D eigenvalue weighted by molar-refractivity contribution is -0.0317. The van der Waals surface area contributed by atoms with Gasteiger partial charge in [0, 0.05) is 7.11 Å². The fraction of sp³-hybridized carbons (Fsp3) is 0.556. The zero-order chi connectivity index (χ0) is 8.48. The van der Waals surface area contributed by atoms with E-state index >= 15 is 0 Å². The van der Waals surface area contributed by atoms with Gasteiger partial charge in [0.05, 0.1) is 0 Å². The van der Waals surface area contributed by atoms with Crippen LogP contribution in [0.4, 0.5) is 0 Å². The van der Waals surface area contributed by atoms with Crippen LogP contribution in [0.1, 0.15) is 13.8 Å². The summed E-state index contributed by atoms with van der Waals surface area (Å²) in [4.78, 5) is 0. The van der Waals surface area contributed by atoms with Crippen LogP contribution in [0.25, 0.3) is 0 Å². The van der Waals surface area contributed by atoms with Crippen LogP contribution in [-0.4, -0.2) is 23.9 Å². The van der Waals surface area contributed by atoms with Gasteiger partial charge in [-0.3, -0.25) is 0 Å². The van der Waals surface area contributed by atoms with Gasteiger partial charge in [-0.1, -0.05) is 18.2 Å². The molecule has 1 aliphatic carbocycles. The van der Waals surface area contributed by atoms with Gasteiger partial charge in [-0.05, 0) is 19.4 Å². The van der Waals surface area contributed by atoms with Crippen molar-refractivity contribution in [3.63, 3.8) is 0 Å². The van der Waals surface area contributed by atoms with E-state index in [0.717, 1.165) is 5.57 Å². The quantitative estimate of drug-likeness (QED) is 0.616. The number of methoxy groups -OCH3 is 1. The van der Waals surface area contributed by atoms with Crippen molar-refractivity contribution in [1.82, 2.24) is 0 Å². The molecule has 11 heavy (non-hydrogen) atoms. The molecule has 0 heterocycles. The Morgan fingerprint density at radius 3 is 2.64 bits per heavy atom. The van der Waals surface area contributed by atoms with E-state index in [4.69, 9.17) is 4.74 Å². The van der Waals surface area contributed by atoms with Gasteiger partial charge < -0.3 is 9.84 Å². The van der Waals surface area contributed by atoms with Crippen molar-refractivity contribution in [2.75, 3.05) is 7.11 Å². The molecule has 62 valence electrons. The summed E-state index contributed by atoms with van der Waals surface area (Å²) in [5.41, 5.74) is 0.202. The van der Waals surface area contributed by atoms with Crippen LogP contribution in [0.3, 0.4) is 0 Å². The summed E-state index contributed by atoms with van der Waals surface area (Å²) < 4.78 is 5.15. The van der Waals surface area contributed by atoms with E-state index in [1.807, 2.05) is 19.1 Å².